The summed E-state index contributed by atoms with van der Waals surface area (Å²) in [6, 6.07) is 10.9. The zero-order chi connectivity index (χ0) is 25.7. The molecule has 2 aromatic carbocycles. The minimum absolute atomic E-state index is 0.187. The summed E-state index contributed by atoms with van der Waals surface area (Å²) in [5.74, 6) is -1.74. The van der Waals surface area contributed by atoms with Crippen LogP contribution in [0.15, 0.2) is 66.8 Å². The number of nitro benzene ring substituents is 1. The Labute approximate surface area is 208 Å². The SMILES string of the molecule is C=CCOc1ccc(C([O-])=C2C(=O)C(=O)N(CC[NH+]3CCOCC3)C2c2cccc([N+](=O)[O-])c2)cc1. The molecule has 4 rings (SSSR count). The summed E-state index contributed by atoms with van der Waals surface area (Å²) in [5, 5.41) is 24.9. The van der Waals surface area contributed by atoms with E-state index in [1.54, 1.807) is 24.3 Å². The third-order valence-electron chi connectivity index (χ3n) is 6.32. The number of amides is 1. The molecule has 10 nitrogen and oxygen atoms in total. The average molecular weight is 494 g/mol. The van der Waals surface area contributed by atoms with Crippen molar-refractivity contribution in [2.24, 2.45) is 0 Å². The number of hydrogen-bond donors (Lipinski definition) is 1. The maximum Gasteiger partial charge on any atom is 0.295 e. The Balaban J connectivity index is 1.73. The van der Waals surface area contributed by atoms with Gasteiger partial charge in [0, 0.05) is 17.7 Å². The molecule has 0 saturated carbocycles. The quantitative estimate of drug-likeness (QED) is 0.133. The molecule has 0 bridgehead atoms. The molecular formula is C26H27N3O7. The van der Waals surface area contributed by atoms with Gasteiger partial charge in [-0.2, -0.15) is 0 Å². The lowest BCUT2D eigenvalue weighted by molar-refractivity contribution is -0.907. The molecule has 0 radical (unpaired) electrons. The molecule has 1 amide bonds. The largest absolute Gasteiger partial charge is 0.872 e. The number of benzene rings is 2. The first-order valence-corrected chi connectivity index (χ1v) is 11.7. The highest BCUT2D eigenvalue weighted by atomic mass is 16.6. The highest BCUT2D eigenvalue weighted by molar-refractivity contribution is 6.46. The van der Waals surface area contributed by atoms with Crippen LogP contribution in [0.4, 0.5) is 5.69 Å². The lowest BCUT2D eigenvalue weighted by atomic mass is 9.95. The van der Waals surface area contributed by atoms with Gasteiger partial charge in [0.2, 0.25) is 5.78 Å². The van der Waals surface area contributed by atoms with Crippen LogP contribution in [-0.4, -0.2) is 67.5 Å². The fourth-order valence-electron chi connectivity index (χ4n) is 4.46. The van der Waals surface area contributed by atoms with E-state index in [1.807, 2.05) is 0 Å². The van der Waals surface area contributed by atoms with Gasteiger partial charge in [0.05, 0.1) is 37.3 Å². The molecule has 2 saturated heterocycles. The van der Waals surface area contributed by atoms with Crippen LogP contribution < -0.4 is 14.7 Å². The average Bonchev–Trinajstić information content (AvgIpc) is 3.16. The van der Waals surface area contributed by atoms with E-state index in [1.165, 1.54) is 40.1 Å². The lowest BCUT2D eigenvalue weighted by Crippen LogP contribution is -3.14. The Hall–Kier alpha value is -4.02. The molecule has 188 valence electrons. The van der Waals surface area contributed by atoms with Gasteiger partial charge in [0.25, 0.3) is 11.6 Å². The Morgan fingerprint density at radius 1 is 1.19 bits per heavy atom. The zero-order valence-electron chi connectivity index (χ0n) is 19.7. The summed E-state index contributed by atoms with van der Waals surface area (Å²) >= 11 is 0. The second-order valence-electron chi connectivity index (χ2n) is 8.56. The molecule has 2 aromatic rings. The van der Waals surface area contributed by atoms with Crippen molar-refractivity contribution in [2.45, 2.75) is 6.04 Å². The van der Waals surface area contributed by atoms with Gasteiger partial charge in [-0.3, -0.25) is 19.7 Å². The van der Waals surface area contributed by atoms with Crippen molar-refractivity contribution in [1.29, 1.82) is 0 Å². The number of ether oxygens (including phenoxy) is 2. The van der Waals surface area contributed by atoms with Gasteiger partial charge in [-0.25, -0.2) is 0 Å². The fraction of sp³-hybridized carbons (Fsp3) is 0.308. The molecule has 1 N–H and O–H groups in total. The standard InChI is InChI=1S/C26H27N3O7/c1-2-14-36-21-8-6-18(7-9-21)24(30)22-23(19-4-3-5-20(17-19)29(33)34)28(26(32)25(22)31)11-10-27-12-15-35-16-13-27/h2-9,17,23,30H,1,10-16H2. The minimum Gasteiger partial charge on any atom is -0.872 e. The Bertz CT molecular complexity index is 1190. The molecule has 2 aliphatic heterocycles. The highest BCUT2D eigenvalue weighted by Crippen LogP contribution is 2.39. The van der Waals surface area contributed by atoms with E-state index < -0.39 is 28.4 Å². The Kier molecular flexibility index (Phi) is 7.77. The van der Waals surface area contributed by atoms with Crippen molar-refractivity contribution in [3.8, 4) is 5.75 Å². The number of quaternary nitrogens is 1. The molecule has 2 heterocycles. The van der Waals surface area contributed by atoms with Crippen molar-refractivity contribution in [1.82, 2.24) is 4.90 Å². The first kappa shape index (κ1) is 25.1. The smallest absolute Gasteiger partial charge is 0.295 e. The van der Waals surface area contributed by atoms with E-state index in [0.29, 0.717) is 37.7 Å². The van der Waals surface area contributed by atoms with Gasteiger partial charge in [-0.1, -0.05) is 42.7 Å². The predicted molar refractivity (Wildman–Crippen MR) is 128 cm³/mol. The van der Waals surface area contributed by atoms with Crippen LogP contribution in [0.5, 0.6) is 5.75 Å². The number of nitrogens with zero attached hydrogens (tertiary/aromatic N) is 2. The summed E-state index contributed by atoms with van der Waals surface area (Å²) < 4.78 is 10.8. The van der Waals surface area contributed by atoms with E-state index in [0.717, 1.165) is 13.1 Å². The molecule has 0 spiro atoms. The summed E-state index contributed by atoms with van der Waals surface area (Å²) in [7, 11) is 0. The normalized spacial score (nSPS) is 19.9. The number of nitro groups is 1. The molecule has 10 heteroatoms. The molecule has 0 aromatic heterocycles. The summed E-state index contributed by atoms with van der Waals surface area (Å²) in [5.41, 5.74) is 0.161. The second-order valence-corrected chi connectivity index (χ2v) is 8.56. The van der Waals surface area contributed by atoms with Crippen LogP contribution in [0.3, 0.4) is 0 Å². The van der Waals surface area contributed by atoms with E-state index in [4.69, 9.17) is 9.47 Å². The fourth-order valence-corrected chi connectivity index (χ4v) is 4.46. The van der Waals surface area contributed by atoms with E-state index in [2.05, 4.69) is 6.58 Å². The van der Waals surface area contributed by atoms with Crippen LogP contribution in [0, 0.1) is 10.1 Å². The van der Waals surface area contributed by atoms with E-state index in [-0.39, 0.29) is 23.4 Å². The third-order valence-corrected chi connectivity index (χ3v) is 6.32. The molecule has 0 aliphatic carbocycles. The van der Waals surface area contributed by atoms with E-state index in [9.17, 15) is 24.8 Å². The van der Waals surface area contributed by atoms with E-state index >= 15 is 0 Å². The summed E-state index contributed by atoms with van der Waals surface area (Å²) in [4.78, 5) is 39.7. The Morgan fingerprint density at radius 2 is 1.92 bits per heavy atom. The van der Waals surface area contributed by atoms with Crippen molar-refractivity contribution in [3.05, 3.63) is 88.0 Å². The van der Waals surface area contributed by atoms with Gasteiger partial charge >= 0.3 is 0 Å². The number of hydrogen-bond acceptors (Lipinski definition) is 7. The van der Waals surface area contributed by atoms with Crippen LogP contribution >= 0.6 is 0 Å². The first-order valence-electron chi connectivity index (χ1n) is 11.7. The summed E-state index contributed by atoms with van der Waals surface area (Å²) in [6.07, 6.45) is 1.59. The van der Waals surface area contributed by atoms with Crippen LogP contribution in [-0.2, 0) is 14.3 Å². The van der Waals surface area contributed by atoms with Crippen LogP contribution in [0.1, 0.15) is 17.2 Å². The van der Waals surface area contributed by atoms with Gasteiger partial charge in [0.15, 0.2) is 0 Å². The molecule has 2 fully saturated rings. The number of nitrogens with one attached hydrogen (secondary N) is 1. The number of ketones is 1. The van der Waals surface area contributed by atoms with Gasteiger partial charge in [0.1, 0.15) is 25.4 Å². The Morgan fingerprint density at radius 3 is 2.58 bits per heavy atom. The number of non-ortho nitro benzene ring substituents is 1. The minimum atomic E-state index is -1.02. The van der Waals surface area contributed by atoms with Gasteiger partial charge in [-0.05, 0) is 23.3 Å². The van der Waals surface area contributed by atoms with Crippen LogP contribution in [0.2, 0.25) is 0 Å². The number of Topliss-reactive ketones (excluding diaryl/α,β-unsaturated/α-hetero) is 1. The lowest BCUT2D eigenvalue weighted by Gasteiger charge is -2.30. The summed E-state index contributed by atoms with van der Waals surface area (Å²) in [6.45, 7) is 7.43. The van der Waals surface area contributed by atoms with Crippen molar-refractivity contribution in [3.63, 3.8) is 0 Å². The highest BCUT2D eigenvalue weighted by Gasteiger charge is 2.44. The number of morpholine rings is 1. The molecule has 36 heavy (non-hydrogen) atoms. The van der Waals surface area contributed by atoms with Crippen molar-refractivity contribution >= 4 is 23.1 Å². The van der Waals surface area contributed by atoms with Crippen molar-refractivity contribution < 1.29 is 34.0 Å². The van der Waals surface area contributed by atoms with Gasteiger partial charge < -0.3 is 24.4 Å². The maximum absolute atomic E-state index is 13.5. The first-order chi connectivity index (χ1) is 17.4. The molecule has 2 aliphatic rings. The number of carbonyl (C=O) groups excluding carboxylic acids is 2. The number of carbonyl (C=O) groups is 2. The molecule has 1 atom stereocenters. The number of likely N-dealkylation sites (tertiary alicyclic amines) is 1. The predicted octanol–water partition coefficient (Wildman–Crippen LogP) is 0.299. The zero-order valence-corrected chi connectivity index (χ0v) is 19.7. The maximum atomic E-state index is 13.5. The second kappa shape index (κ2) is 11.1. The third kappa shape index (κ3) is 5.29. The molecular weight excluding hydrogens is 466 g/mol. The van der Waals surface area contributed by atoms with Crippen molar-refractivity contribution in [2.75, 3.05) is 46.0 Å². The topological polar surface area (TPSA) is 126 Å². The monoisotopic (exact) mass is 493 g/mol. The number of rotatable bonds is 9. The molecule has 1 unspecified atom stereocenters. The van der Waals surface area contributed by atoms with Crippen LogP contribution in [0.25, 0.3) is 5.76 Å². The van der Waals surface area contributed by atoms with Gasteiger partial charge in [-0.15, -0.1) is 0 Å².